The summed E-state index contributed by atoms with van der Waals surface area (Å²) >= 11 is 0. The molecule has 2 saturated carbocycles. The number of nitrogen functional groups attached to an aromatic ring is 1. The summed E-state index contributed by atoms with van der Waals surface area (Å²) in [4.78, 5) is 0. The Kier molecular flexibility index (Phi) is 2.59. The van der Waals surface area contributed by atoms with Crippen molar-refractivity contribution in [3.8, 4) is 11.1 Å². The average Bonchev–Trinajstić information content (AvgIpc) is 3.14. The van der Waals surface area contributed by atoms with Crippen LogP contribution in [0.15, 0.2) is 28.8 Å². The summed E-state index contributed by atoms with van der Waals surface area (Å²) in [5, 5.41) is 3.90. The first-order valence-electron chi connectivity index (χ1n) is 7.24. The van der Waals surface area contributed by atoms with Gasteiger partial charge in [-0.1, -0.05) is 29.8 Å². The predicted molar refractivity (Wildman–Crippen MR) is 74.5 cm³/mol. The van der Waals surface area contributed by atoms with Crippen LogP contribution in [-0.2, 0) is 0 Å². The summed E-state index contributed by atoms with van der Waals surface area (Å²) in [5.74, 6) is 2.62. The molecule has 104 valence electrons. The molecule has 4 rings (SSSR count). The van der Waals surface area contributed by atoms with Gasteiger partial charge >= 0.3 is 0 Å². The lowest BCUT2D eigenvalue weighted by Gasteiger charge is -2.20. The van der Waals surface area contributed by atoms with E-state index in [1.807, 2.05) is 6.07 Å². The molecule has 2 N–H and O–H groups in total. The van der Waals surface area contributed by atoms with Crippen LogP contribution in [0.4, 0.5) is 10.2 Å². The topological polar surface area (TPSA) is 52.0 Å². The van der Waals surface area contributed by atoms with Gasteiger partial charge in [-0.15, -0.1) is 0 Å². The normalized spacial score (nSPS) is 28.1. The first kappa shape index (κ1) is 11.9. The Balaban J connectivity index is 1.81. The number of hydrogen-bond donors (Lipinski definition) is 1. The third-order valence-electron chi connectivity index (χ3n) is 4.96. The van der Waals surface area contributed by atoms with Gasteiger partial charge in [0.1, 0.15) is 11.6 Å². The van der Waals surface area contributed by atoms with Crippen molar-refractivity contribution in [3.05, 3.63) is 35.8 Å². The zero-order valence-electron chi connectivity index (χ0n) is 11.2. The van der Waals surface area contributed by atoms with Crippen LogP contribution < -0.4 is 5.73 Å². The third-order valence-corrected chi connectivity index (χ3v) is 4.96. The van der Waals surface area contributed by atoms with Crippen molar-refractivity contribution in [2.24, 2.45) is 11.8 Å². The van der Waals surface area contributed by atoms with Crippen molar-refractivity contribution < 1.29 is 8.91 Å². The van der Waals surface area contributed by atoms with E-state index in [4.69, 9.17) is 10.3 Å². The van der Waals surface area contributed by atoms with Crippen LogP contribution >= 0.6 is 0 Å². The summed E-state index contributed by atoms with van der Waals surface area (Å²) < 4.78 is 19.6. The number of nitrogens with zero attached hydrogens (tertiary/aromatic N) is 1. The summed E-state index contributed by atoms with van der Waals surface area (Å²) in [7, 11) is 0. The van der Waals surface area contributed by atoms with Crippen LogP contribution in [0.2, 0.25) is 0 Å². The Morgan fingerprint density at radius 3 is 2.75 bits per heavy atom. The third kappa shape index (κ3) is 1.67. The monoisotopic (exact) mass is 272 g/mol. The van der Waals surface area contributed by atoms with Crippen LogP contribution in [0.5, 0.6) is 0 Å². The number of fused-ring (bicyclic) bond motifs is 2. The van der Waals surface area contributed by atoms with E-state index in [2.05, 4.69) is 5.16 Å². The van der Waals surface area contributed by atoms with Crippen molar-refractivity contribution in [2.75, 3.05) is 5.73 Å². The van der Waals surface area contributed by atoms with Gasteiger partial charge in [-0.2, -0.15) is 0 Å². The Bertz CT molecular complexity index is 652. The molecule has 0 radical (unpaired) electrons. The Morgan fingerprint density at radius 1 is 1.20 bits per heavy atom. The van der Waals surface area contributed by atoms with Crippen LogP contribution in [-0.4, -0.2) is 5.16 Å². The molecule has 0 aliphatic heterocycles. The molecular weight excluding hydrogens is 255 g/mol. The second-order valence-electron chi connectivity index (χ2n) is 6.07. The van der Waals surface area contributed by atoms with E-state index in [1.165, 1.54) is 25.3 Å². The molecule has 2 fully saturated rings. The molecule has 2 aliphatic rings. The van der Waals surface area contributed by atoms with Crippen LogP contribution in [0.25, 0.3) is 11.1 Å². The van der Waals surface area contributed by atoms with Gasteiger partial charge in [0.25, 0.3) is 0 Å². The molecule has 0 saturated heterocycles. The van der Waals surface area contributed by atoms with E-state index in [0.717, 1.165) is 18.1 Å². The number of nitrogens with two attached hydrogens (primary N) is 1. The minimum Gasteiger partial charge on any atom is -0.380 e. The van der Waals surface area contributed by atoms with Gasteiger partial charge in [0.2, 0.25) is 0 Å². The van der Waals surface area contributed by atoms with Crippen LogP contribution in [0.3, 0.4) is 0 Å². The molecule has 2 bridgehead atoms. The van der Waals surface area contributed by atoms with E-state index in [1.54, 1.807) is 12.1 Å². The molecular formula is C16H17FN2O. The summed E-state index contributed by atoms with van der Waals surface area (Å²) in [5.41, 5.74) is 7.11. The highest BCUT2D eigenvalue weighted by Gasteiger charge is 2.43. The lowest BCUT2D eigenvalue weighted by Crippen LogP contribution is -2.09. The highest BCUT2D eigenvalue weighted by atomic mass is 19.1. The summed E-state index contributed by atoms with van der Waals surface area (Å²) in [6.45, 7) is 0. The van der Waals surface area contributed by atoms with Crippen LogP contribution in [0.1, 0.15) is 37.4 Å². The van der Waals surface area contributed by atoms with Crippen molar-refractivity contribution in [1.29, 1.82) is 0 Å². The molecule has 1 aromatic carbocycles. The maximum absolute atomic E-state index is 14.1. The molecule has 1 aromatic heterocycles. The lowest BCUT2D eigenvalue weighted by molar-refractivity contribution is 0.311. The van der Waals surface area contributed by atoms with E-state index >= 15 is 0 Å². The number of aromatic nitrogens is 1. The number of rotatable bonds is 2. The van der Waals surface area contributed by atoms with Gasteiger partial charge in [0, 0.05) is 11.5 Å². The molecule has 4 heteroatoms. The van der Waals surface area contributed by atoms with Crippen LogP contribution in [0, 0.1) is 17.7 Å². The maximum Gasteiger partial charge on any atom is 0.175 e. The van der Waals surface area contributed by atoms with E-state index < -0.39 is 0 Å². The van der Waals surface area contributed by atoms with Gasteiger partial charge in [0.05, 0.1) is 5.56 Å². The van der Waals surface area contributed by atoms with Crippen molar-refractivity contribution >= 4 is 5.82 Å². The molecule has 3 unspecified atom stereocenters. The van der Waals surface area contributed by atoms with Gasteiger partial charge in [0.15, 0.2) is 5.82 Å². The standard InChI is InChI=1S/C16H17FN2O/c17-13-4-2-1-3-11(13)14-15(20-19-16(14)18)12-8-9-5-6-10(12)7-9/h1-4,9-10,12H,5-8H2,(H2,18,19). The first-order chi connectivity index (χ1) is 9.74. The highest BCUT2D eigenvalue weighted by molar-refractivity contribution is 5.76. The number of halogens is 1. The van der Waals surface area contributed by atoms with Crippen molar-refractivity contribution in [3.63, 3.8) is 0 Å². The minimum absolute atomic E-state index is 0.271. The molecule has 2 aromatic rings. The Labute approximate surface area is 117 Å². The highest BCUT2D eigenvalue weighted by Crippen LogP contribution is 2.55. The summed E-state index contributed by atoms with van der Waals surface area (Å²) in [6.07, 6.45) is 4.95. The molecule has 3 nitrogen and oxygen atoms in total. The molecule has 20 heavy (non-hydrogen) atoms. The molecule has 2 aliphatic carbocycles. The quantitative estimate of drug-likeness (QED) is 0.900. The van der Waals surface area contributed by atoms with Crippen molar-refractivity contribution in [2.45, 2.75) is 31.6 Å². The molecule has 1 heterocycles. The molecule has 0 spiro atoms. The predicted octanol–water partition coefficient (Wildman–Crippen LogP) is 3.97. The average molecular weight is 272 g/mol. The van der Waals surface area contributed by atoms with Gasteiger partial charge in [-0.25, -0.2) is 4.39 Å². The van der Waals surface area contributed by atoms with Gasteiger partial charge in [-0.05, 0) is 37.2 Å². The fourth-order valence-electron chi connectivity index (χ4n) is 4.07. The Hall–Kier alpha value is -1.84. The fraction of sp³-hybridized carbons (Fsp3) is 0.438. The van der Waals surface area contributed by atoms with E-state index in [9.17, 15) is 4.39 Å². The first-order valence-corrected chi connectivity index (χ1v) is 7.24. The number of hydrogen-bond acceptors (Lipinski definition) is 3. The molecule has 0 amide bonds. The second-order valence-corrected chi connectivity index (χ2v) is 6.07. The SMILES string of the molecule is Nc1noc(C2CC3CCC2C3)c1-c1ccccc1F. The zero-order chi connectivity index (χ0) is 13.7. The largest absolute Gasteiger partial charge is 0.380 e. The Morgan fingerprint density at radius 2 is 2.05 bits per heavy atom. The minimum atomic E-state index is -0.271. The number of benzene rings is 1. The summed E-state index contributed by atoms with van der Waals surface area (Å²) in [6, 6.07) is 6.69. The van der Waals surface area contributed by atoms with Gasteiger partial charge in [-0.3, -0.25) is 0 Å². The van der Waals surface area contributed by atoms with E-state index in [-0.39, 0.29) is 5.82 Å². The zero-order valence-corrected chi connectivity index (χ0v) is 11.2. The second kappa shape index (κ2) is 4.33. The van der Waals surface area contributed by atoms with Crippen molar-refractivity contribution in [1.82, 2.24) is 5.16 Å². The lowest BCUT2D eigenvalue weighted by atomic mass is 9.84. The maximum atomic E-state index is 14.1. The van der Waals surface area contributed by atoms with Gasteiger partial charge < -0.3 is 10.3 Å². The van der Waals surface area contributed by atoms with E-state index in [0.29, 0.717) is 28.8 Å². The molecule has 3 atom stereocenters. The number of anilines is 1. The fourth-order valence-corrected chi connectivity index (χ4v) is 4.07. The smallest absolute Gasteiger partial charge is 0.175 e.